The molecule has 0 aliphatic carbocycles. The van der Waals surface area contributed by atoms with Crippen molar-refractivity contribution in [2.24, 2.45) is 10.8 Å². The average molecular weight is 359 g/mol. The molecule has 3 heteroatoms. The lowest BCUT2D eigenvalue weighted by Crippen LogP contribution is -2.09. The summed E-state index contributed by atoms with van der Waals surface area (Å²) in [5, 5.41) is 21.3. The van der Waals surface area contributed by atoms with E-state index in [2.05, 4.69) is 41.5 Å². The number of phenolic OH excluding ortho intramolecular Hbond substituents is 2. The molecule has 0 atom stereocenters. The van der Waals surface area contributed by atoms with Crippen molar-refractivity contribution in [3.05, 3.63) is 47.5 Å². The Balaban J connectivity index is 2.32. The molecule has 0 saturated carbocycles. The third-order valence-corrected chi connectivity index (χ3v) is 4.93. The van der Waals surface area contributed by atoms with Crippen LogP contribution in [0.2, 0.25) is 0 Å². The number of hydrogen-bond donors (Lipinski definition) is 2. The maximum absolute atomic E-state index is 10.7. The van der Waals surface area contributed by atoms with E-state index in [4.69, 9.17) is 0 Å². The first-order valence-electron chi connectivity index (χ1n) is 8.76. The van der Waals surface area contributed by atoms with Gasteiger partial charge in [-0.3, -0.25) is 0 Å². The number of para-hydroxylation sites is 2. The Morgan fingerprint density at radius 1 is 0.680 bits per heavy atom. The first kappa shape index (κ1) is 19.7. The van der Waals surface area contributed by atoms with Crippen LogP contribution in [0, 0.1) is 10.8 Å². The molecule has 0 heterocycles. The zero-order valence-corrected chi connectivity index (χ0v) is 17.0. The summed E-state index contributed by atoms with van der Waals surface area (Å²) in [4.78, 5) is 1.56. The first-order valence-corrected chi connectivity index (χ1v) is 9.57. The van der Waals surface area contributed by atoms with Gasteiger partial charge in [-0.1, -0.05) is 77.6 Å². The first-order chi connectivity index (χ1) is 11.5. The van der Waals surface area contributed by atoms with E-state index in [1.54, 1.807) is 0 Å². The van der Waals surface area contributed by atoms with Gasteiger partial charge in [0.25, 0.3) is 0 Å². The van der Waals surface area contributed by atoms with Crippen LogP contribution in [0.1, 0.15) is 52.7 Å². The van der Waals surface area contributed by atoms with Gasteiger partial charge < -0.3 is 10.2 Å². The van der Waals surface area contributed by atoms with E-state index in [9.17, 15) is 10.2 Å². The normalized spacial score (nSPS) is 12.4. The zero-order chi connectivity index (χ0) is 18.8. The van der Waals surface area contributed by atoms with Crippen LogP contribution in [0.15, 0.2) is 46.2 Å². The Kier molecular flexibility index (Phi) is 5.78. The van der Waals surface area contributed by atoms with E-state index >= 15 is 0 Å². The molecule has 2 aromatic rings. The quantitative estimate of drug-likeness (QED) is 0.662. The second-order valence-corrected chi connectivity index (χ2v) is 10.2. The van der Waals surface area contributed by atoms with Crippen molar-refractivity contribution < 1.29 is 10.2 Å². The highest BCUT2D eigenvalue weighted by atomic mass is 32.2. The number of aromatic hydroxyl groups is 2. The van der Waals surface area contributed by atoms with Crippen molar-refractivity contribution in [1.29, 1.82) is 0 Å². The molecule has 0 unspecified atom stereocenters. The molecule has 0 aromatic heterocycles. The van der Waals surface area contributed by atoms with Crippen LogP contribution in [0.3, 0.4) is 0 Å². The van der Waals surface area contributed by atoms with Crippen molar-refractivity contribution in [3.63, 3.8) is 0 Å². The minimum Gasteiger partial charge on any atom is -0.506 e. The van der Waals surface area contributed by atoms with E-state index in [1.807, 2.05) is 36.4 Å². The highest BCUT2D eigenvalue weighted by Crippen LogP contribution is 2.43. The predicted octanol–water partition coefficient (Wildman–Crippen LogP) is 6.43. The average Bonchev–Trinajstić information content (AvgIpc) is 2.44. The van der Waals surface area contributed by atoms with Crippen LogP contribution in [0.5, 0.6) is 11.5 Å². The lowest BCUT2D eigenvalue weighted by atomic mass is 9.88. The molecule has 0 spiro atoms. The minimum atomic E-state index is 0.107. The van der Waals surface area contributed by atoms with Crippen LogP contribution in [0.4, 0.5) is 0 Å². The monoisotopic (exact) mass is 358 g/mol. The highest BCUT2D eigenvalue weighted by Gasteiger charge is 2.19. The third kappa shape index (κ3) is 5.71. The van der Waals surface area contributed by atoms with Crippen LogP contribution in [-0.2, 0) is 12.8 Å². The number of hydrogen-bond acceptors (Lipinski definition) is 3. The molecule has 0 amide bonds. The summed E-state index contributed by atoms with van der Waals surface area (Å²) < 4.78 is 0. The molecule has 0 fully saturated rings. The Morgan fingerprint density at radius 3 is 1.36 bits per heavy atom. The molecule has 2 aromatic carbocycles. The molecule has 0 bridgehead atoms. The Bertz CT molecular complexity index is 673. The maximum Gasteiger partial charge on any atom is 0.132 e. The molecule has 136 valence electrons. The van der Waals surface area contributed by atoms with E-state index in [0.717, 1.165) is 33.8 Å². The van der Waals surface area contributed by atoms with Crippen molar-refractivity contribution in [1.82, 2.24) is 0 Å². The van der Waals surface area contributed by atoms with E-state index in [1.165, 1.54) is 11.8 Å². The largest absolute Gasteiger partial charge is 0.506 e. The Morgan fingerprint density at radius 2 is 1.04 bits per heavy atom. The summed E-state index contributed by atoms with van der Waals surface area (Å²) in [6, 6.07) is 11.7. The standard InChI is InChI=1S/C22H30O2S/c1-21(2,3)13-15-9-7-11-17(19(15)23)25-18-12-8-10-16(20(18)24)14-22(4,5)6/h7-12,23-24H,13-14H2,1-6H3. The SMILES string of the molecule is CC(C)(C)Cc1cccc(Sc2cccc(CC(C)(C)C)c2O)c1O. The van der Waals surface area contributed by atoms with E-state index in [0.29, 0.717) is 11.5 Å². The molecule has 2 rings (SSSR count). The summed E-state index contributed by atoms with van der Waals surface area (Å²) in [6.07, 6.45) is 1.62. The Hall–Kier alpha value is -1.61. The lowest BCUT2D eigenvalue weighted by Gasteiger charge is -2.21. The summed E-state index contributed by atoms with van der Waals surface area (Å²) in [5.74, 6) is 0.645. The molecule has 0 saturated heterocycles. The molecular formula is C22H30O2S. The number of benzene rings is 2. The van der Waals surface area contributed by atoms with Gasteiger partial charge in [0.2, 0.25) is 0 Å². The van der Waals surface area contributed by atoms with Crippen LogP contribution >= 0.6 is 11.8 Å². The fourth-order valence-corrected chi connectivity index (χ4v) is 3.83. The maximum atomic E-state index is 10.7. The van der Waals surface area contributed by atoms with Crippen molar-refractivity contribution in [2.45, 2.75) is 64.2 Å². The fraction of sp³-hybridized carbons (Fsp3) is 0.455. The van der Waals surface area contributed by atoms with Crippen LogP contribution < -0.4 is 0 Å². The summed E-state index contributed by atoms with van der Waals surface area (Å²) in [5.41, 5.74) is 2.11. The van der Waals surface area contributed by atoms with Crippen molar-refractivity contribution >= 4 is 11.8 Å². The third-order valence-electron chi connectivity index (χ3n) is 3.83. The van der Waals surface area contributed by atoms with Gasteiger partial charge in [-0.25, -0.2) is 0 Å². The lowest BCUT2D eigenvalue weighted by molar-refractivity contribution is 0.390. The summed E-state index contributed by atoms with van der Waals surface area (Å²) in [7, 11) is 0. The van der Waals surface area contributed by atoms with Crippen LogP contribution in [-0.4, -0.2) is 10.2 Å². The summed E-state index contributed by atoms with van der Waals surface area (Å²) >= 11 is 1.42. The van der Waals surface area contributed by atoms with Gasteiger partial charge in [-0.15, -0.1) is 0 Å². The fourth-order valence-electron chi connectivity index (χ4n) is 2.85. The second kappa shape index (κ2) is 7.33. The van der Waals surface area contributed by atoms with E-state index in [-0.39, 0.29) is 10.8 Å². The van der Waals surface area contributed by atoms with E-state index < -0.39 is 0 Å². The molecular weight excluding hydrogens is 328 g/mol. The molecule has 2 N–H and O–H groups in total. The van der Waals surface area contributed by atoms with Gasteiger partial charge in [0.15, 0.2) is 0 Å². The zero-order valence-electron chi connectivity index (χ0n) is 16.2. The molecule has 0 aliphatic rings. The number of phenols is 2. The molecule has 2 nitrogen and oxygen atoms in total. The van der Waals surface area contributed by atoms with Gasteiger partial charge in [0.05, 0.1) is 9.79 Å². The van der Waals surface area contributed by atoms with Crippen molar-refractivity contribution in [3.8, 4) is 11.5 Å². The summed E-state index contributed by atoms with van der Waals surface area (Å²) in [6.45, 7) is 13.0. The van der Waals surface area contributed by atoms with Crippen molar-refractivity contribution in [2.75, 3.05) is 0 Å². The predicted molar refractivity (Wildman–Crippen MR) is 107 cm³/mol. The smallest absolute Gasteiger partial charge is 0.132 e. The Labute approximate surface area is 156 Å². The minimum absolute atomic E-state index is 0.107. The van der Waals surface area contributed by atoms with Crippen LogP contribution in [0.25, 0.3) is 0 Å². The van der Waals surface area contributed by atoms with Gasteiger partial charge in [-0.2, -0.15) is 0 Å². The topological polar surface area (TPSA) is 40.5 Å². The van der Waals surface area contributed by atoms with Gasteiger partial charge in [0, 0.05) is 0 Å². The second-order valence-electron chi connectivity index (χ2n) is 9.10. The van der Waals surface area contributed by atoms with Gasteiger partial charge in [0.1, 0.15) is 11.5 Å². The highest BCUT2D eigenvalue weighted by molar-refractivity contribution is 7.99. The molecule has 0 aliphatic heterocycles. The molecule has 0 radical (unpaired) electrons. The van der Waals surface area contributed by atoms with Gasteiger partial charge in [-0.05, 0) is 46.9 Å². The number of rotatable bonds is 4. The molecule has 25 heavy (non-hydrogen) atoms. The van der Waals surface area contributed by atoms with Gasteiger partial charge >= 0.3 is 0 Å².